The molecule has 0 aliphatic heterocycles. The van der Waals surface area contributed by atoms with Crippen molar-refractivity contribution >= 4 is 22.6 Å². The van der Waals surface area contributed by atoms with Gasteiger partial charge in [-0.1, -0.05) is 11.2 Å². The molecule has 4 nitrogen and oxygen atoms in total. The van der Waals surface area contributed by atoms with Crippen molar-refractivity contribution in [1.29, 1.82) is 0 Å². The quantitative estimate of drug-likeness (QED) is 0.692. The molecular formula is C15H15ClFN3O. The van der Waals surface area contributed by atoms with Gasteiger partial charge >= 0.3 is 0 Å². The first-order chi connectivity index (χ1) is 10.1. The second-order valence-electron chi connectivity index (χ2n) is 4.96. The molecule has 0 saturated heterocycles. The zero-order valence-corrected chi connectivity index (χ0v) is 12.6. The first kappa shape index (κ1) is 14.1. The van der Waals surface area contributed by atoms with Crippen molar-refractivity contribution in [3.63, 3.8) is 0 Å². The fourth-order valence-electron chi connectivity index (χ4n) is 2.50. The van der Waals surface area contributed by atoms with Gasteiger partial charge in [0.05, 0.1) is 17.8 Å². The molecule has 0 bridgehead atoms. The highest BCUT2D eigenvalue weighted by molar-refractivity contribution is 6.17. The Balaban J connectivity index is 2.16. The van der Waals surface area contributed by atoms with Crippen LogP contribution in [0.3, 0.4) is 0 Å². The number of rotatable bonds is 4. The summed E-state index contributed by atoms with van der Waals surface area (Å²) >= 11 is 5.84. The van der Waals surface area contributed by atoms with E-state index in [1.54, 1.807) is 6.07 Å². The molecular weight excluding hydrogens is 293 g/mol. The van der Waals surface area contributed by atoms with Crippen molar-refractivity contribution in [3.05, 3.63) is 46.9 Å². The molecule has 1 aromatic carbocycles. The Labute approximate surface area is 126 Å². The zero-order valence-electron chi connectivity index (χ0n) is 11.9. The standard InChI is InChI=1S/C15H15ClFN3O/c1-9-11(10(2)21-19-9)8-20-13-5-3-4-12(17)15(13)18-14(20)6-7-16/h3-5H,6-8H2,1-2H3. The number of halogens is 2. The molecule has 0 fully saturated rings. The van der Waals surface area contributed by atoms with E-state index in [9.17, 15) is 4.39 Å². The lowest BCUT2D eigenvalue weighted by atomic mass is 10.2. The van der Waals surface area contributed by atoms with Crippen LogP contribution >= 0.6 is 11.6 Å². The molecule has 0 N–H and O–H groups in total. The molecule has 0 spiro atoms. The normalized spacial score (nSPS) is 11.4. The molecule has 3 aromatic rings. The van der Waals surface area contributed by atoms with Gasteiger partial charge < -0.3 is 9.09 Å². The number of hydrogen-bond donors (Lipinski definition) is 0. The molecule has 6 heteroatoms. The van der Waals surface area contributed by atoms with E-state index in [2.05, 4.69) is 10.1 Å². The molecule has 3 rings (SSSR count). The SMILES string of the molecule is Cc1noc(C)c1Cn1c(CCCl)nc2c(F)cccc21. The third kappa shape index (κ3) is 2.42. The molecule has 2 aromatic heterocycles. The number of para-hydroxylation sites is 1. The third-order valence-corrected chi connectivity index (χ3v) is 3.81. The van der Waals surface area contributed by atoms with E-state index in [1.807, 2.05) is 24.5 Å². The largest absolute Gasteiger partial charge is 0.361 e. The van der Waals surface area contributed by atoms with Gasteiger partial charge in [-0.3, -0.25) is 0 Å². The first-order valence-electron chi connectivity index (χ1n) is 6.73. The number of alkyl halides is 1. The Morgan fingerprint density at radius 1 is 1.33 bits per heavy atom. The van der Waals surface area contributed by atoms with Crippen LogP contribution in [0.5, 0.6) is 0 Å². The number of aromatic nitrogens is 3. The molecule has 0 aliphatic rings. The van der Waals surface area contributed by atoms with Crippen molar-refractivity contribution in [2.75, 3.05) is 5.88 Å². The van der Waals surface area contributed by atoms with Gasteiger partial charge in [0.2, 0.25) is 0 Å². The van der Waals surface area contributed by atoms with E-state index < -0.39 is 0 Å². The highest BCUT2D eigenvalue weighted by atomic mass is 35.5. The maximum Gasteiger partial charge on any atom is 0.151 e. The molecule has 0 atom stereocenters. The van der Waals surface area contributed by atoms with Crippen LogP contribution in [0.2, 0.25) is 0 Å². The van der Waals surface area contributed by atoms with Crippen molar-refractivity contribution in [1.82, 2.24) is 14.7 Å². The van der Waals surface area contributed by atoms with Crippen molar-refractivity contribution in [2.45, 2.75) is 26.8 Å². The summed E-state index contributed by atoms with van der Waals surface area (Å²) in [5.41, 5.74) is 2.97. The summed E-state index contributed by atoms with van der Waals surface area (Å²) in [6.45, 7) is 4.32. The summed E-state index contributed by atoms with van der Waals surface area (Å²) in [7, 11) is 0. The van der Waals surface area contributed by atoms with Gasteiger partial charge in [0.25, 0.3) is 0 Å². The first-order valence-corrected chi connectivity index (χ1v) is 7.26. The van der Waals surface area contributed by atoms with Crippen LogP contribution in [0.1, 0.15) is 22.8 Å². The number of benzene rings is 1. The topological polar surface area (TPSA) is 43.9 Å². The molecule has 2 heterocycles. The maximum absolute atomic E-state index is 13.9. The fourth-order valence-corrected chi connectivity index (χ4v) is 2.67. The number of imidazole rings is 1. The zero-order chi connectivity index (χ0) is 15.0. The molecule has 0 unspecified atom stereocenters. The number of fused-ring (bicyclic) bond motifs is 1. The van der Waals surface area contributed by atoms with Gasteiger partial charge in [-0.15, -0.1) is 11.6 Å². The van der Waals surface area contributed by atoms with Gasteiger partial charge in [-0.25, -0.2) is 9.37 Å². The van der Waals surface area contributed by atoms with Gasteiger partial charge in [-0.2, -0.15) is 0 Å². The smallest absolute Gasteiger partial charge is 0.151 e. The van der Waals surface area contributed by atoms with Gasteiger partial charge in [0.15, 0.2) is 5.82 Å². The Morgan fingerprint density at radius 2 is 2.14 bits per heavy atom. The average molecular weight is 308 g/mol. The lowest BCUT2D eigenvalue weighted by Gasteiger charge is -2.08. The minimum Gasteiger partial charge on any atom is -0.361 e. The van der Waals surface area contributed by atoms with Gasteiger partial charge in [0, 0.05) is 17.9 Å². The van der Waals surface area contributed by atoms with E-state index >= 15 is 0 Å². The summed E-state index contributed by atoms with van der Waals surface area (Å²) in [5, 5.41) is 3.96. The summed E-state index contributed by atoms with van der Waals surface area (Å²) < 4.78 is 21.1. The second kappa shape index (κ2) is 5.48. The third-order valence-electron chi connectivity index (χ3n) is 3.62. The Hall–Kier alpha value is -1.88. The van der Waals surface area contributed by atoms with E-state index in [0.717, 1.165) is 28.4 Å². The van der Waals surface area contributed by atoms with Gasteiger partial charge in [-0.05, 0) is 26.0 Å². The van der Waals surface area contributed by atoms with Crippen LogP contribution in [0.4, 0.5) is 4.39 Å². The van der Waals surface area contributed by atoms with Crippen molar-refractivity contribution < 1.29 is 8.91 Å². The van der Waals surface area contributed by atoms with Crippen molar-refractivity contribution in [2.24, 2.45) is 0 Å². The lowest BCUT2D eigenvalue weighted by molar-refractivity contribution is 0.392. The van der Waals surface area contributed by atoms with Crippen LogP contribution in [0, 0.1) is 19.7 Å². The number of hydrogen-bond acceptors (Lipinski definition) is 3. The predicted molar refractivity (Wildman–Crippen MR) is 79.2 cm³/mol. The van der Waals surface area contributed by atoms with Crippen molar-refractivity contribution in [3.8, 4) is 0 Å². The van der Waals surface area contributed by atoms with Crippen LogP contribution in [0.25, 0.3) is 11.0 Å². The Bertz CT molecular complexity index is 774. The van der Waals surface area contributed by atoms with Crippen LogP contribution < -0.4 is 0 Å². The second-order valence-corrected chi connectivity index (χ2v) is 5.34. The highest BCUT2D eigenvalue weighted by Gasteiger charge is 2.17. The fraction of sp³-hybridized carbons (Fsp3) is 0.333. The summed E-state index contributed by atoms with van der Waals surface area (Å²) in [5.74, 6) is 1.65. The van der Waals surface area contributed by atoms with E-state index in [1.165, 1.54) is 6.07 Å². The predicted octanol–water partition coefficient (Wildman–Crippen LogP) is 3.61. The molecule has 0 amide bonds. The highest BCUT2D eigenvalue weighted by Crippen LogP contribution is 2.23. The Kier molecular flexibility index (Phi) is 3.68. The van der Waals surface area contributed by atoms with E-state index in [0.29, 0.717) is 24.4 Å². The van der Waals surface area contributed by atoms with E-state index in [4.69, 9.17) is 16.1 Å². The summed E-state index contributed by atoms with van der Waals surface area (Å²) in [4.78, 5) is 4.39. The summed E-state index contributed by atoms with van der Waals surface area (Å²) in [6.07, 6.45) is 0.582. The van der Waals surface area contributed by atoms with Gasteiger partial charge in [0.1, 0.15) is 17.1 Å². The Morgan fingerprint density at radius 3 is 2.81 bits per heavy atom. The summed E-state index contributed by atoms with van der Waals surface area (Å²) in [6, 6.07) is 4.97. The minimum atomic E-state index is -0.319. The van der Waals surface area contributed by atoms with Crippen LogP contribution in [-0.4, -0.2) is 20.6 Å². The van der Waals surface area contributed by atoms with E-state index in [-0.39, 0.29) is 5.82 Å². The molecule has 0 saturated carbocycles. The lowest BCUT2D eigenvalue weighted by Crippen LogP contribution is -2.07. The maximum atomic E-state index is 13.9. The monoisotopic (exact) mass is 307 g/mol. The number of nitrogens with zero attached hydrogens (tertiary/aromatic N) is 3. The molecule has 21 heavy (non-hydrogen) atoms. The molecule has 0 radical (unpaired) electrons. The molecule has 110 valence electrons. The van der Waals surface area contributed by atoms with Crippen LogP contribution in [-0.2, 0) is 13.0 Å². The molecule has 0 aliphatic carbocycles. The number of aryl methyl sites for hydroxylation is 3. The minimum absolute atomic E-state index is 0.319. The van der Waals surface area contributed by atoms with Crippen LogP contribution in [0.15, 0.2) is 22.7 Å². The average Bonchev–Trinajstić information content (AvgIpc) is 2.96.